The molecule has 24 heavy (non-hydrogen) atoms. The number of benzene rings is 1. The Labute approximate surface area is 139 Å². The minimum atomic E-state index is -0.581. The number of nitrogens with zero attached hydrogens (tertiary/aromatic N) is 3. The number of Topliss-reactive ketones (excluding diaryl/α,β-unsaturated/α-hetero) is 1. The third kappa shape index (κ3) is 2.97. The molecule has 0 radical (unpaired) electrons. The molecule has 126 valence electrons. The lowest BCUT2D eigenvalue weighted by atomic mass is 10.1. The number of ketones is 1. The highest BCUT2D eigenvalue weighted by molar-refractivity contribution is 5.99. The van der Waals surface area contributed by atoms with Crippen molar-refractivity contribution in [2.75, 3.05) is 18.6 Å². The van der Waals surface area contributed by atoms with Crippen LogP contribution in [0.1, 0.15) is 23.7 Å². The van der Waals surface area contributed by atoms with Gasteiger partial charge in [0, 0.05) is 31.8 Å². The number of aromatic nitrogens is 2. The lowest BCUT2D eigenvalue weighted by molar-refractivity contribution is -0.122. The maximum absolute atomic E-state index is 12.6. The van der Waals surface area contributed by atoms with Crippen LogP contribution in [0.5, 0.6) is 11.5 Å². The zero-order valence-corrected chi connectivity index (χ0v) is 13.9. The van der Waals surface area contributed by atoms with Crippen LogP contribution in [0.25, 0.3) is 0 Å². The van der Waals surface area contributed by atoms with Crippen molar-refractivity contribution in [3.8, 4) is 11.5 Å². The smallest absolute Gasteiger partial charge is 0.268 e. The SMILES string of the molecule is COc1cc(C(C)=O)ccc1OC1CCN(c2cnn(C)c2)C1=O. The monoisotopic (exact) mass is 329 g/mol. The largest absolute Gasteiger partial charge is 0.493 e. The molecular formula is C17H19N3O4. The molecule has 2 heterocycles. The maximum Gasteiger partial charge on any atom is 0.268 e. The molecule has 1 aliphatic rings. The Kier molecular flexibility index (Phi) is 4.24. The second kappa shape index (κ2) is 6.35. The van der Waals surface area contributed by atoms with Gasteiger partial charge in [-0.2, -0.15) is 5.10 Å². The number of hydrogen-bond acceptors (Lipinski definition) is 5. The summed E-state index contributed by atoms with van der Waals surface area (Å²) < 4.78 is 12.8. The Balaban J connectivity index is 1.77. The number of ether oxygens (including phenoxy) is 2. The molecule has 0 aliphatic carbocycles. The summed E-state index contributed by atoms with van der Waals surface area (Å²) in [6, 6.07) is 4.95. The molecule has 1 aromatic heterocycles. The first-order chi connectivity index (χ1) is 11.5. The summed E-state index contributed by atoms with van der Waals surface area (Å²) in [6.07, 6.45) is 3.44. The molecule has 0 bridgehead atoms. The van der Waals surface area contributed by atoms with Gasteiger partial charge >= 0.3 is 0 Å². The summed E-state index contributed by atoms with van der Waals surface area (Å²) in [7, 11) is 3.31. The second-order valence-corrected chi connectivity index (χ2v) is 5.68. The first-order valence-electron chi connectivity index (χ1n) is 7.65. The van der Waals surface area contributed by atoms with E-state index in [0.29, 0.717) is 30.0 Å². The molecule has 0 N–H and O–H groups in total. The van der Waals surface area contributed by atoms with Gasteiger partial charge in [0.1, 0.15) is 0 Å². The molecule has 3 rings (SSSR count). The molecular weight excluding hydrogens is 310 g/mol. The first-order valence-corrected chi connectivity index (χ1v) is 7.65. The van der Waals surface area contributed by atoms with Crippen LogP contribution in [0.15, 0.2) is 30.6 Å². The Bertz CT molecular complexity index is 784. The van der Waals surface area contributed by atoms with Crippen molar-refractivity contribution in [3.05, 3.63) is 36.2 Å². The van der Waals surface area contributed by atoms with E-state index in [4.69, 9.17) is 9.47 Å². The molecule has 1 aromatic carbocycles. The summed E-state index contributed by atoms with van der Waals surface area (Å²) >= 11 is 0. The number of hydrogen-bond donors (Lipinski definition) is 0. The van der Waals surface area contributed by atoms with Gasteiger partial charge < -0.3 is 14.4 Å². The van der Waals surface area contributed by atoms with Gasteiger partial charge in [-0.15, -0.1) is 0 Å². The summed E-state index contributed by atoms with van der Waals surface area (Å²) in [4.78, 5) is 25.7. The van der Waals surface area contributed by atoms with Crippen LogP contribution in [0.2, 0.25) is 0 Å². The highest BCUT2D eigenvalue weighted by atomic mass is 16.5. The predicted molar refractivity (Wildman–Crippen MR) is 87.6 cm³/mol. The van der Waals surface area contributed by atoms with Crippen LogP contribution in [-0.2, 0) is 11.8 Å². The Morgan fingerprint density at radius 2 is 2.12 bits per heavy atom. The summed E-state index contributed by atoms with van der Waals surface area (Å²) in [5.41, 5.74) is 1.29. The molecule has 7 nitrogen and oxygen atoms in total. The summed E-state index contributed by atoms with van der Waals surface area (Å²) in [5.74, 6) is 0.726. The van der Waals surface area contributed by atoms with Crippen molar-refractivity contribution in [3.63, 3.8) is 0 Å². The van der Waals surface area contributed by atoms with E-state index in [1.54, 1.807) is 47.2 Å². The maximum atomic E-state index is 12.6. The zero-order valence-electron chi connectivity index (χ0n) is 13.9. The quantitative estimate of drug-likeness (QED) is 0.782. The number of aryl methyl sites for hydroxylation is 1. The molecule has 0 spiro atoms. The fraction of sp³-hybridized carbons (Fsp3) is 0.353. The van der Waals surface area contributed by atoms with Crippen LogP contribution in [0.4, 0.5) is 5.69 Å². The van der Waals surface area contributed by atoms with Crippen molar-refractivity contribution in [2.45, 2.75) is 19.4 Å². The first kappa shape index (κ1) is 16.0. The van der Waals surface area contributed by atoms with E-state index in [-0.39, 0.29) is 11.7 Å². The number of carbonyl (C=O) groups is 2. The van der Waals surface area contributed by atoms with Crippen LogP contribution in [-0.4, -0.2) is 41.2 Å². The van der Waals surface area contributed by atoms with Crippen molar-refractivity contribution in [1.82, 2.24) is 9.78 Å². The lowest BCUT2D eigenvalue weighted by Gasteiger charge is -2.17. The van der Waals surface area contributed by atoms with Gasteiger partial charge in [0.25, 0.3) is 5.91 Å². The van der Waals surface area contributed by atoms with Crippen LogP contribution in [0.3, 0.4) is 0 Å². The van der Waals surface area contributed by atoms with Crippen molar-refractivity contribution >= 4 is 17.4 Å². The van der Waals surface area contributed by atoms with E-state index in [9.17, 15) is 9.59 Å². The normalized spacial score (nSPS) is 17.2. The third-order valence-electron chi connectivity index (χ3n) is 4.00. The molecule has 1 amide bonds. The molecule has 1 unspecified atom stereocenters. The molecule has 1 saturated heterocycles. The van der Waals surface area contributed by atoms with Gasteiger partial charge in [0.2, 0.25) is 0 Å². The van der Waals surface area contributed by atoms with Crippen molar-refractivity contribution < 1.29 is 19.1 Å². The molecule has 1 fully saturated rings. The zero-order chi connectivity index (χ0) is 17.3. The molecule has 2 aromatic rings. The number of rotatable bonds is 5. The number of methoxy groups -OCH3 is 1. The van der Waals surface area contributed by atoms with E-state index in [0.717, 1.165) is 5.69 Å². The predicted octanol–water partition coefficient (Wildman–Crippen LogP) is 1.82. The van der Waals surface area contributed by atoms with Crippen molar-refractivity contribution in [2.24, 2.45) is 7.05 Å². The average Bonchev–Trinajstić information content (AvgIpc) is 3.14. The number of anilines is 1. The Morgan fingerprint density at radius 1 is 1.33 bits per heavy atom. The molecule has 1 aliphatic heterocycles. The minimum absolute atomic E-state index is 0.0560. The summed E-state index contributed by atoms with van der Waals surface area (Å²) in [6.45, 7) is 2.06. The standard InChI is InChI=1S/C17H19N3O4/c1-11(21)12-4-5-14(16(8-12)23-3)24-15-6-7-20(17(15)22)13-9-18-19(2)10-13/h4-5,8-10,15H,6-7H2,1-3H3. The van der Waals surface area contributed by atoms with Crippen LogP contribution in [0, 0.1) is 0 Å². The molecule has 1 atom stereocenters. The van der Waals surface area contributed by atoms with Gasteiger partial charge in [-0.25, -0.2) is 0 Å². The van der Waals surface area contributed by atoms with E-state index in [1.165, 1.54) is 14.0 Å². The second-order valence-electron chi connectivity index (χ2n) is 5.68. The van der Waals surface area contributed by atoms with E-state index >= 15 is 0 Å². The van der Waals surface area contributed by atoms with E-state index < -0.39 is 6.10 Å². The highest BCUT2D eigenvalue weighted by Crippen LogP contribution is 2.31. The van der Waals surface area contributed by atoms with Crippen LogP contribution < -0.4 is 14.4 Å². The van der Waals surface area contributed by atoms with Gasteiger partial charge in [-0.05, 0) is 25.1 Å². The lowest BCUT2D eigenvalue weighted by Crippen LogP contribution is -2.32. The third-order valence-corrected chi connectivity index (χ3v) is 4.00. The van der Waals surface area contributed by atoms with Gasteiger partial charge in [-0.1, -0.05) is 0 Å². The van der Waals surface area contributed by atoms with Gasteiger partial charge in [0.15, 0.2) is 23.4 Å². The topological polar surface area (TPSA) is 73.7 Å². The number of carbonyl (C=O) groups excluding carboxylic acids is 2. The van der Waals surface area contributed by atoms with Crippen LogP contribution >= 0.6 is 0 Å². The van der Waals surface area contributed by atoms with Gasteiger partial charge in [0.05, 0.1) is 19.0 Å². The fourth-order valence-electron chi connectivity index (χ4n) is 2.70. The number of amides is 1. The fourth-order valence-corrected chi connectivity index (χ4v) is 2.70. The average molecular weight is 329 g/mol. The Morgan fingerprint density at radius 3 is 2.75 bits per heavy atom. The van der Waals surface area contributed by atoms with Crippen molar-refractivity contribution in [1.29, 1.82) is 0 Å². The summed E-state index contributed by atoms with van der Waals surface area (Å²) in [5, 5.41) is 4.09. The van der Waals surface area contributed by atoms with Gasteiger partial charge in [-0.3, -0.25) is 14.3 Å². The minimum Gasteiger partial charge on any atom is -0.493 e. The van der Waals surface area contributed by atoms with E-state index in [2.05, 4.69) is 5.10 Å². The molecule has 7 heteroatoms. The molecule has 0 saturated carbocycles. The van der Waals surface area contributed by atoms with E-state index in [1.807, 2.05) is 0 Å². The highest BCUT2D eigenvalue weighted by Gasteiger charge is 2.35. The Hall–Kier alpha value is -2.83.